The van der Waals surface area contributed by atoms with Crippen molar-refractivity contribution in [1.82, 2.24) is 5.32 Å². The first-order chi connectivity index (χ1) is 30.8. The van der Waals surface area contributed by atoms with Crippen molar-refractivity contribution >= 4 is 5.91 Å². The maximum atomic E-state index is 13.0. The Balaban J connectivity index is 2.29. The molecule has 1 aliphatic heterocycles. The number of ether oxygens (including phenoxy) is 2. The number of carbonyl (C=O) groups is 1. The SMILES string of the molecule is CCCCCCCCCC/C=C/CC/C=C/CC/C=C/C(O)C(COC1OC(CO)C(O)C(O)C1O)NC(=O)CCCCCCCCCCCCCCCCCCCCCCCC. The highest BCUT2D eigenvalue weighted by Gasteiger charge is 2.44. The molecule has 0 spiro atoms. The van der Waals surface area contributed by atoms with Crippen LogP contribution in [0, 0.1) is 0 Å². The van der Waals surface area contributed by atoms with Gasteiger partial charge in [0.2, 0.25) is 5.91 Å². The molecule has 6 N–H and O–H groups in total. The van der Waals surface area contributed by atoms with Gasteiger partial charge in [-0.1, -0.05) is 230 Å². The first-order valence-electron chi connectivity index (χ1n) is 26.7. The number of hydrogen-bond acceptors (Lipinski definition) is 8. The molecule has 1 saturated heterocycles. The molecule has 0 radical (unpaired) electrons. The van der Waals surface area contributed by atoms with Gasteiger partial charge in [-0.25, -0.2) is 0 Å². The Labute approximate surface area is 387 Å². The molecule has 1 amide bonds. The Morgan fingerprint density at radius 2 is 0.905 bits per heavy atom. The molecular weight excluding hydrogens is 791 g/mol. The number of amides is 1. The quantitative estimate of drug-likeness (QED) is 0.0261. The van der Waals surface area contributed by atoms with Crippen molar-refractivity contribution in [3.63, 3.8) is 0 Å². The van der Waals surface area contributed by atoms with Gasteiger partial charge >= 0.3 is 0 Å². The molecule has 0 aromatic rings. The fraction of sp³-hybridized carbons (Fsp3) is 0.870. The summed E-state index contributed by atoms with van der Waals surface area (Å²) in [6.45, 7) is 3.77. The molecule has 1 aliphatic rings. The van der Waals surface area contributed by atoms with Gasteiger partial charge in [0.05, 0.1) is 25.4 Å². The predicted octanol–water partition coefficient (Wildman–Crippen LogP) is 12.4. The minimum atomic E-state index is -1.57. The lowest BCUT2D eigenvalue weighted by atomic mass is 9.99. The Morgan fingerprint density at radius 3 is 1.33 bits per heavy atom. The van der Waals surface area contributed by atoms with Crippen molar-refractivity contribution in [1.29, 1.82) is 0 Å². The van der Waals surface area contributed by atoms with Crippen LogP contribution in [0.4, 0.5) is 0 Å². The average molecular weight is 892 g/mol. The van der Waals surface area contributed by atoms with Crippen molar-refractivity contribution in [2.24, 2.45) is 0 Å². The zero-order valence-electron chi connectivity index (χ0n) is 40.8. The number of nitrogens with one attached hydrogen (secondary N) is 1. The molecule has 0 aromatic heterocycles. The maximum Gasteiger partial charge on any atom is 0.220 e. The molecule has 7 atom stereocenters. The van der Waals surface area contributed by atoms with E-state index in [4.69, 9.17) is 9.47 Å². The summed E-state index contributed by atoms with van der Waals surface area (Å²) < 4.78 is 11.2. The van der Waals surface area contributed by atoms with Crippen LogP contribution in [0.3, 0.4) is 0 Å². The van der Waals surface area contributed by atoms with Crippen LogP contribution in [0.2, 0.25) is 0 Å². The molecule has 9 heteroatoms. The van der Waals surface area contributed by atoms with Crippen LogP contribution in [0.25, 0.3) is 0 Å². The minimum absolute atomic E-state index is 0.187. The Hall–Kier alpha value is -1.59. The number of unbranched alkanes of at least 4 members (excludes halogenated alkanes) is 31. The van der Waals surface area contributed by atoms with Gasteiger partial charge < -0.3 is 40.3 Å². The molecule has 1 rings (SSSR count). The number of aliphatic hydroxyl groups is 5. The highest BCUT2D eigenvalue weighted by molar-refractivity contribution is 5.76. The van der Waals surface area contributed by atoms with E-state index < -0.39 is 49.5 Å². The van der Waals surface area contributed by atoms with Crippen molar-refractivity contribution in [3.8, 4) is 0 Å². The van der Waals surface area contributed by atoms with E-state index in [1.54, 1.807) is 6.08 Å². The summed E-state index contributed by atoms with van der Waals surface area (Å²) in [6, 6.07) is -0.825. The first kappa shape index (κ1) is 59.4. The summed E-state index contributed by atoms with van der Waals surface area (Å²) >= 11 is 0. The van der Waals surface area contributed by atoms with Crippen LogP contribution >= 0.6 is 0 Å². The monoisotopic (exact) mass is 892 g/mol. The predicted molar refractivity (Wildman–Crippen MR) is 263 cm³/mol. The molecule has 7 unspecified atom stereocenters. The summed E-state index contributed by atoms with van der Waals surface area (Å²) in [7, 11) is 0. The normalized spacial score (nSPS) is 20.4. The van der Waals surface area contributed by atoms with Crippen molar-refractivity contribution in [3.05, 3.63) is 36.5 Å². The number of rotatable bonds is 45. The lowest BCUT2D eigenvalue weighted by Crippen LogP contribution is -2.60. The molecule has 0 bridgehead atoms. The summed E-state index contributed by atoms with van der Waals surface area (Å²) in [5, 5.41) is 54.4. The highest BCUT2D eigenvalue weighted by atomic mass is 16.7. The van der Waals surface area contributed by atoms with Crippen molar-refractivity contribution < 1.29 is 39.8 Å². The van der Waals surface area contributed by atoms with E-state index >= 15 is 0 Å². The van der Waals surface area contributed by atoms with Gasteiger partial charge in [-0.05, 0) is 44.9 Å². The van der Waals surface area contributed by atoms with Crippen LogP contribution in [0.1, 0.15) is 245 Å². The minimum Gasteiger partial charge on any atom is -0.394 e. The molecular formula is C54H101NO8. The Morgan fingerprint density at radius 1 is 0.524 bits per heavy atom. The van der Waals surface area contributed by atoms with Crippen LogP contribution in [0.15, 0.2) is 36.5 Å². The second kappa shape index (κ2) is 44.3. The second-order valence-electron chi connectivity index (χ2n) is 18.7. The number of carbonyl (C=O) groups excluding carboxylic acids is 1. The van der Waals surface area contributed by atoms with Gasteiger partial charge in [-0.15, -0.1) is 0 Å². The molecule has 63 heavy (non-hydrogen) atoms. The van der Waals surface area contributed by atoms with Crippen LogP contribution in [-0.4, -0.2) is 87.5 Å². The topological polar surface area (TPSA) is 149 Å². The third-order valence-corrected chi connectivity index (χ3v) is 12.7. The molecule has 9 nitrogen and oxygen atoms in total. The smallest absolute Gasteiger partial charge is 0.220 e. The molecule has 1 fully saturated rings. The number of aliphatic hydroxyl groups excluding tert-OH is 5. The van der Waals surface area contributed by atoms with Crippen LogP contribution in [0.5, 0.6) is 0 Å². The van der Waals surface area contributed by atoms with Crippen molar-refractivity contribution in [2.75, 3.05) is 13.2 Å². The molecule has 0 saturated carbocycles. The summed E-state index contributed by atoms with van der Waals surface area (Å²) in [6.07, 6.45) is 49.1. The van der Waals surface area contributed by atoms with Gasteiger partial charge in [0.25, 0.3) is 0 Å². The van der Waals surface area contributed by atoms with E-state index in [9.17, 15) is 30.3 Å². The van der Waals surface area contributed by atoms with Crippen LogP contribution < -0.4 is 5.32 Å². The standard InChI is InChI=1S/C54H101NO8/c1-3-5-7-9-11-13-15-17-19-21-23-24-25-26-28-30-32-34-36-38-40-42-44-50(58)55-47(46-62-54-53(61)52(60)51(59)49(45-56)63-54)48(57)43-41-39-37-35-33-31-29-27-22-20-18-16-14-12-10-8-6-4-2/h22,27,33,35,41,43,47-49,51-54,56-57,59-61H,3-21,23-26,28-32,34,36-40,42,44-46H2,1-2H3,(H,55,58)/b27-22+,35-33+,43-41+. The van der Waals surface area contributed by atoms with E-state index in [1.165, 1.54) is 180 Å². The van der Waals surface area contributed by atoms with Gasteiger partial charge in [-0.2, -0.15) is 0 Å². The third kappa shape index (κ3) is 34.4. The Bertz CT molecular complexity index is 1080. The zero-order chi connectivity index (χ0) is 45.9. The second-order valence-corrected chi connectivity index (χ2v) is 18.7. The van der Waals surface area contributed by atoms with E-state index in [-0.39, 0.29) is 12.5 Å². The molecule has 1 heterocycles. The lowest BCUT2D eigenvalue weighted by Gasteiger charge is -2.40. The van der Waals surface area contributed by atoms with E-state index in [0.717, 1.165) is 44.9 Å². The molecule has 370 valence electrons. The fourth-order valence-corrected chi connectivity index (χ4v) is 8.42. The van der Waals surface area contributed by atoms with Crippen molar-refractivity contribution in [2.45, 2.75) is 288 Å². The van der Waals surface area contributed by atoms with Crippen LogP contribution in [-0.2, 0) is 14.3 Å². The van der Waals surface area contributed by atoms with Gasteiger partial charge in [0.1, 0.15) is 24.4 Å². The summed E-state index contributed by atoms with van der Waals surface area (Å²) in [4.78, 5) is 13.0. The van der Waals surface area contributed by atoms with E-state index in [2.05, 4.69) is 43.5 Å². The van der Waals surface area contributed by atoms with Gasteiger partial charge in [0.15, 0.2) is 6.29 Å². The summed E-state index contributed by atoms with van der Waals surface area (Å²) in [5.41, 5.74) is 0. The number of hydrogen-bond donors (Lipinski definition) is 6. The lowest BCUT2D eigenvalue weighted by molar-refractivity contribution is -0.302. The third-order valence-electron chi connectivity index (χ3n) is 12.7. The highest BCUT2D eigenvalue weighted by Crippen LogP contribution is 2.23. The number of allylic oxidation sites excluding steroid dienone is 5. The fourth-order valence-electron chi connectivity index (χ4n) is 8.42. The van der Waals surface area contributed by atoms with E-state index in [1.807, 2.05) is 6.08 Å². The van der Waals surface area contributed by atoms with E-state index in [0.29, 0.717) is 6.42 Å². The molecule has 0 aromatic carbocycles. The maximum absolute atomic E-state index is 13.0. The zero-order valence-corrected chi connectivity index (χ0v) is 40.8. The first-order valence-corrected chi connectivity index (χ1v) is 26.7. The van der Waals surface area contributed by atoms with Gasteiger partial charge in [0, 0.05) is 6.42 Å². The largest absolute Gasteiger partial charge is 0.394 e. The average Bonchev–Trinajstić information content (AvgIpc) is 3.28. The molecule has 0 aliphatic carbocycles. The van der Waals surface area contributed by atoms with Gasteiger partial charge in [-0.3, -0.25) is 4.79 Å². The summed E-state index contributed by atoms with van der Waals surface area (Å²) in [5.74, 6) is -0.187. The Kier molecular flexibility index (Phi) is 41.7.